The minimum Gasteiger partial charge on any atom is -0.335 e. The molecule has 174 valence electrons. The molecule has 0 N–H and O–H groups in total. The van der Waals surface area contributed by atoms with Crippen molar-refractivity contribution < 1.29 is 9.18 Å². The molecule has 5 rings (SSSR count). The van der Waals surface area contributed by atoms with E-state index < -0.39 is 0 Å². The summed E-state index contributed by atoms with van der Waals surface area (Å²) in [5.41, 5.74) is 4.83. The number of benzene rings is 2. The van der Waals surface area contributed by atoms with E-state index in [2.05, 4.69) is 16.0 Å². The summed E-state index contributed by atoms with van der Waals surface area (Å²) in [4.78, 5) is 22.2. The van der Waals surface area contributed by atoms with Crippen LogP contribution >= 0.6 is 11.6 Å². The van der Waals surface area contributed by atoms with Crippen LogP contribution in [0.5, 0.6) is 0 Å². The van der Waals surface area contributed by atoms with E-state index in [9.17, 15) is 9.18 Å². The third kappa shape index (κ3) is 4.83. The largest absolute Gasteiger partial charge is 0.335 e. The van der Waals surface area contributed by atoms with E-state index in [4.69, 9.17) is 11.6 Å². The van der Waals surface area contributed by atoms with E-state index in [1.807, 2.05) is 53.0 Å². The number of carbonyl (C=O) groups is 1. The van der Waals surface area contributed by atoms with Gasteiger partial charge < -0.3 is 9.47 Å². The van der Waals surface area contributed by atoms with Gasteiger partial charge in [0.05, 0.1) is 0 Å². The van der Waals surface area contributed by atoms with E-state index in [0.29, 0.717) is 30.4 Å². The molecule has 2 aromatic heterocycles. The Labute approximate surface area is 203 Å². The number of aryl methyl sites for hydroxylation is 1. The summed E-state index contributed by atoms with van der Waals surface area (Å²) in [5, 5.41) is 1.55. The van der Waals surface area contributed by atoms with Gasteiger partial charge in [-0.25, -0.2) is 4.39 Å². The maximum Gasteiger partial charge on any atom is 0.270 e. The summed E-state index contributed by atoms with van der Waals surface area (Å²) >= 11 is 6.22. The van der Waals surface area contributed by atoms with Crippen molar-refractivity contribution in [3.63, 3.8) is 0 Å². The molecule has 1 aliphatic heterocycles. The fourth-order valence-corrected chi connectivity index (χ4v) is 4.78. The standard InChI is InChI=1S/C27H26ClFN4O/c1-19-12-21(16-30-15-19)17-31-8-10-32(11-9-31)27(34)26-14-22-13-23(28)4-7-25(22)33(26)18-20-2-5-24(29)6-3-20/h2-7,12-16H,8-11,17-18H2,1H3. The predicted octanol–water partition coefficient (Wildman–Crippen LogP) is 5.14. The summed E-state index contributed by atoms with van der Waals surface area (Å²) in [6.45, 7) is 6.30. The first-order valence-corrected chi connectivity index (χ1v) is 11.8. The molecule has 7 heteroatoms. The molecule has 0 radical (unpaired) electrons. The Morgan fingerprint density at radius 2 is 1.71 bits per heavy atom. The highest BCUT2D eigenvalue weighted by molar-refractivity contribution is 6.31. The normalized spacial score (nSPS) is 14.6. The summed E-state index contributed by atoms with van der Waals surface area (Å²) < 4.78 is 15.4. The average molecular weight is 477 g/mol. The lowest BCUT2D eigenvalue weighted by Crippen LogP contribution is -2.48. The number of rotatable bonds is 5. The number of hydrogen-bond acceptors (Lipinski definition) is 3. The first kappa shape index (κ1) is 22.6. The van der Waals surface area contributed by atoms with Crippen molar-refractivity contribution in [1.29, 1.82) is 0 Å². The van der Waals surface area contributed by atoms with Gasteiger partial charge >= 0.3 is 0 Å². The highest BCUT2D eigenvalue weighted by Crippen LogP contribution is 2.26. The monoisotopic (exact) mass is 476 g/mol. The first-order valence-electron chi connectivity index (χ1n) is 11.4. The van der Waals surface area contributed by atoms with Crippen LogP contribution < -0.4 is 0 Å². The molecule has 5 nitrogen and oxygen atoms in total. The summed E-state index contributed by atoms with van der Waals surface area (Å²) in [6.07, 6.45) is 3.77. The Morgan fingerprint density at radius 3 is 2.44 bits per heavy atom. The number of pyridine rings is 1. The lowest BCUT2D eigenvalue weighted by molar-refractivity contribution is 0.0619. The molecular weight excluding hydrogens is 451 g/mol. The van der Waals surface area contributed by atoms with Crippen molar-refractivity contribution in [3.8, 4) is 0 Å². The van der Waals surface area contributed by atoms with Crippen LogP contribution in [0.1, 0.15) is 27.2 Å². The number of amides is 1. The van der Waals surface area contributed by atoms with Gasteiger partial charge in [-0.2, -0.15) is 0 Å². The molecule has 4 aromatic rings. The Hall–Kier alpha value is -3.22. The second-order valence-electron chi connectivity index (χ2n) is 8.88. The van der Waals surface area contributed by atoms with Gasteiger partial charge in [0.2, 0.25) is 0 Å². The molecule has 1 amide bonds. The fraction of sp³-hybridized carbons (Fsp3) is 0.259. The van der Waals surface area contributed by atoms with Crippen LogP contribution in [0, 0.1) is 12.7 Å². The highest BCUT2D eigenvalue weighted by atomic mass is 35.5. The Kier molecular flexibility index (Phi) is 6.35. The Morgan fingerprint density at radius 1 is 0.941 bits per heavy atom. The molecule has 0 unspecified atom stereocenters. The van der Waals surface area contributed by atoms with E-state index in [-0.39, 0.29) is 11.7 Å². The van der Waals surface area contributed by atoms with Crippen LogP contribution in [0.2, 0.25) is 5.02 Å². The van der Waals surface area contributed by atoms with Crippen LogP contribution in [0.25, 0.3) is 10.9 Å². The molecule has 0 spiro atoms. The third-order valence-corrected chi connectivity index (χ3v) is 6.57. The maximum atomic E-state index is 13.6. The molecule has 1 saturated heterocycles. The number of piperazine rings is 1. The molecule has 3 heterocycles. The molecular formula is C27H26ClFN4O. The molecule has 0 atom stereocenters. The van der Waals surface area contributed by atoms with Crippen molar-refractivity contribution in [1.82, 2.24) is 19.4 Å². The van der Waals surface area contributed by atoms with Crippen molar-refractivity contribution in [3.05, 3.63) is 100 Å². The summed E-state index contributed by atoms with van der Waals surface area (Å²) in [5.74, 6) is -0.269. The number of aromatic nitrogens is 2. The van der Waals surface area contributed by atoms with E-state index in [1.54, 1.807) is 12.1 Å². The van der Waals surface area contributed by atoms with E-state index >= 15 is 0 Å². The van der Waals surface area contributed by atoms with Gasteiger partial charge in [-0.3, -0.25) is 14.7 Å². The number of carbonyl (C=O) groups excluding carboxylic acids is 1. The number of halogens is 2. The zero-order valence-electron chi connectivity index (χ0n) is 19.0. The van der Waals surface area contributed by atoms with Gasteiger partial charge in [-0.05, 0) is 60.0 Å². The quantitative estimate of drug-likeness (QED) is 0.400. The van der Waals surface area contributed by atoms with Crippen LogP contribution in [0.3, 0.4) is 0 Å². The molecule has 0 aliphatic carbocycles. The molecule has 0 saturated carbocycles. The SMILES string of the molecule is Cc1cncc(CN2CCN(C(=O)c3cc4cc(Cl)ccc4n3Cc3ccc(F)cc3)CC2)c1. The predicted molar refractivity (Wildman–Crippen MR) is 133 cm³/mol. The van der Waals surface area contributed by atoms with Crippen LogP contribution in [0.15, 0.2) is 67.0 Å². The van der Waals surface area contributed by atoms with Crippen molar-refractivity contribution >= 4 is 28.4 Å². The summed E-state index contributed by atoms with van der Waals surface area (Å²) in [7, 11) is 0. The third-order valence-electron chi connectivity index (χ3n) is 6.33. The van der Waals surface area contributed by atoms with E-state index in [1.165, 1.54) is 17.7 Å². The molecule has 34 heavy (non-hydrogen) atoms. The van der Waals surface area contributed by atoms with Crippen molar-refractivity contribution in [2.75, 3.05) is 26.2 Å². The lowest BCUT2D eigenvalue weighted by atomic mass is 10.2. The second kappa shape index (κ2) is 9.57. The van der Waals surface area contributed by atoms with Gasteiger partial charge in [-0.1, -0.05) is 29.8 Å². The smallest absolute Gasteiger partial charge is 0.270 e. The first-order chi connectivity index (χ1) is 16.5. The molecule has 0 bridgehead atoms. The zero-order chi connectivity index (χ0) is 23.7. The van der Waals surface area contributed by atoms with Crippen molar-refractivity contribution in [2.24, 2.45) is 0 Å². The van der Waals surface area contributed by atoms with Crippen molar-refractivity contribution in [2.45, 2.75) is 20.0 Å². The minimum atomic E-state index is -0.275. The zero-order valence-corrected chi connectivity index (χ0v) is 19.8. The van der Waals surface area contributed by atoms with Gasteiger partial charge in [0, 0.05) is 67.6 Å². The molecule has 2 aromatic carbocycles. The van der Waals surface area contributed by atoms with Gasteiger partial charge in [0.25, 0.3) is 5.91 Å². The summed E-state index contributed by atoms with van der Waals surface area (Å²) in [6, 6.07) is 16.1. The number of fused-ring (bicyclic) bond motifs is 1. The van der Waals surface area contributed by atoms with Crippen LogP contribution in [-0.2, 0) is 13.1 Å². The van der Waals surface area contributed by atoms with Gasteiger partial charge in [0.15, 0.2) is 0 Å². The lowest BCUT2D eigenvalue weighted by Gasteiger charge is -2.35. The molecule has 1 fully saturated rings. The van der Waals surface area contributed by atoms with Gasteiger partial charge in [-0.15, -0.1) is 0 Å². The minimum absolute atomic E-state index is 0.00584. The Bertz CT molecular complexity index is 1330. The van der Waals surface area contributed by atoms with E-state index in [0.717, 1.165) is 41.7 Å². The maximum absolute atomic E-state index is 13.6. The van der Waals surface area contributed by atoms with Crippen LogP contribution in [-0.4, -0.2) is 51.4 Å². The van der Waals surface area contributed by atoms with Gasteiger partial charge in [0.1, 0.15) is 11.5 Å². The number of nitrogens with zero attached hydrogens (tertiary/aromatic N) is 4. The second-order valence-corrected chi connectivity index (χ2v) is 9.32. The molecule has 1 aliphatic rings. The van der Waals surface area contributed by atoms with Crippen LogP contribution in [0.4, 0.5) is 4.39 Å². The highest BCUT2D eigenvalue weighted by Gasteiger charge is 2.25. The Balaban J connectivity index is 1.36. The topological polar surface area (TPSA) is 41.4 Å². The average Bonchev–Trinajstić information content (AvgIpc) is 3.18. The number of hydrogen-bond donors (Lipinski definition) is 0. The fourth-order valence-electron chi connectivity index (χ4n) is 4.59.